The van der Waals surface area contributed by atoms with Gasteiger partial charge in [-0.05, 0) is 6.92 Å². The van der Waals surface area contributed by atoms with Crippen LogP contribution in [-0.2, 0) is 6.54 Å². The van der Waals surface area contributed by atoms with E-state index in [2.05, 4.69) is 10.1 Å². The van der Waals surface area contributed by atoms with Gasteiger partial charge in [-0.3, -0.25) is 9.67 Å². The SMILES string of the molecule is CCn1cc(Oc2cncc(N)c2)cn1. The number of rotatable bonds is 3. The van der Waals surface area contributed by atoms with E-state index in [4.69, 9.17) is 10.5 Å². The number of nitrogens with two attached hydrogens (primary N) is 1. The summed E-state index contributed by atoms with van der Waals surface area (Å²) in [5.74, 6) is 1.30. The van der Waals surface area contributed by atoms with Crippen molar-refractivity contribution in [3.8, 4) is 11.5 Å². The van der Waals surface area contributed by atoms with Gasteiger partial charge in [0.2, 0.25) is 0 Å². The molecule has 2 rings (SSSR count). The van der Waals surface area contributed by atoms with Gasteiger partial charge in [0.1, 0.15) is 5.75 Å². The zero-order valence-electron chi connectivity index (χ0n) is 8.42. The molecule has 0 atom stereocenters. The fourth-order valence-corrected chi connectivity index (χ4v) is 1.20. The Balaban J connectivity index is 2.14. The molecule has 0 unspecified atom stereocenters. The van der Waals surface area contributed by atoms with E-state index in [0.717, 1.165) is 6.54 Å². The molecule has 2 N–H and O–H groups in total. The lowest BCUT2D eigenvalue weighted by Gasteiger charge is -2.01. The minimum atomic E-state index is 0.579. The quantitative estimate of drug-likeness (QED) is 0.825. The van der Waals surface area contributed by atoms with Crippen molar-refractivity contribution in [2.24, 2.45) is 0 Å². The van der Waals surface area contributed by atoms with E-state index >= 15 is 0 Å². The maximum atomic E-state index is 5.58. The summed E-state index contributed by atoms with van der Waals surface area (Å²) in [6, 6.07) is 1.72. The van der Waals surface area contributed by atoms with Crippen LogP contribution in [0.4, 0.5) is 5.69 Å². The van der Waals surface area contributed by atoms with Crippen molar-refractivity contribution in [1.82, 2.24) is 14.8 Å². The molecule has 0 spiro atoms. The molecule has 0 aliphatic carbocycles. The standard InChI is InChI=1S/C10H12N4O/c1-2-14-7-10(6-13-14)15-9-3-8(11)4-12-5-9/h3-7H,2,11H2,1H3. The number of hydrogen-bond donors (Lipinski definition) is 1. The van der Waals surface area contributed by atoms with E-state index in [1.165, 1.54) is 0 Å². The highest BCUT2D eigenvalue weighted by molar-refractivity contribution is 5.41. The maximum absolute atomic E-state index is 5.58. The van der Waals surface area contributed by atoms with E-state index in [9.17, 15) is 0 Å². The number of hydrogen-bond acceptors (Lipinski definition) is 4. The first-order valence-corrected chi connectivity index (χ1v) is 4.69. The molecule has 5 nitrogen and oxygen atoms in total. The van der Waals surface area contributed by atoms with Crippen molar-refractivity contribution in [1.29, 1.82) is 0 Å². The summed E-state index contributed by atoms with van der Waals surface area (Å²) in [5, 5.41) is 4.09. The second-order valence-corrected chi connectivity index (χ2v) is 3.09. The maximum Gasteiger partial charge on any atom is 0.165 e. The molecule has 2 aromatic heterocycles. The monoisotopic (exact) mass is 204 g/mol. The molecule has 78 valence electrons. The van der Waals surface area contributed by atoms with Crippen molar-refractivity contribution < 1.29 is 4.74 Å². The van der Waals surface area contributed by atoms with Gasteiger partial charge in [-0.2, -0.15) is 5.10 Å². The number of nitrogen functional groups attached to an aromatic ring is 1. The summed E-state index contributed by atoms with van der Waals surface area (Å²) in [4.78, 5) is 3.93. The van der Waals surface area contributed by atoms with Gasteiger partial charge in [-0.25, -0.2) is 0 Å². The summed E-state index contributed by atoms with van der Waals surface area (Å²) in [5.41, 5.74) is 6.16. The Labute approximate surface area is 87.5 Å². The Bertz CT molecular complexity index is 452. The van der Waals surface area contributed by atoms with Crippen molar-refractivity contribution in [2.45, 2.75) is 13.5 Å². The third kappa shape index (κ3) is 2.25. The number of ether oxygens (including phenoxy) is 1. The van der Waals surface area contributed by atoms with E-state index in [1.807, 2.05) is 13.1 Å². The Kier molecular flexibility index (Phi) is 2.53. The van der Waals surface area contributed by atoms with Crippen molar-refractivity contribution in [2.75, 3.05) is 5.73 Å². The number of pyridine rings is 1. The smallest absolute Gasteiger partial charge is 0.165 e. The molecule has 0 amide bonds. The van der Waals surface area contributed by atoms with Gasteiger partial charge in [0, 0.05) is 12.6 Å². The van der Waals surface area contributed by atoms with Crippen LogP contribution in [-0.4, -0.2) is 14.8 Å². The molecule has 0 aliphatic heterocycles. The molecule has 0 saturated heterocycles. The Morgan fingerprint density at radius 2 is 2.20 bits per heavy atom. The zero-order chi connectivity index (χ0) is 10.7. The predicted octanol–water partition coefficient (Wildman–Crippen LogP) is 1.67. The van der Waals surface area contributed by atoms with Crippen LogP contribution in [0.15, 0.2) is 30.9 Å². The average molecular weight is 204 g/mol. The first-order valence-electron chi connectivity index (χ1n) is 4.69. The van der Waals surface area contributed by atoms with Crippen molar-refractivity contribution in [3.63, 3.8) is 0 Å². The molecule has 5 heteroatoms. The molecule has 2 heterocycles. The van der Waals surface area contributed by atoms with Gasteiger partial charge in [0.15, 0.2) is 5.75 Å². The summed E-state index contributed by atoms with van der Waals surface area (Å²) in [6.45, 7) is 2.83. The third-order valence-corrected chi connectivity index (χ3v) is 1.90. The topological polar surface area (TPSA) is 66.0 Å². The fourth-order valence-electron chi connectivity index (χ4n) is 1.20. The van der Waals surface area contributed by atoms with E-state index in [0.29, 0.717) is 17.2 Å². The number of nitrogens with zero attached hydrogens (tertiary/aromatic N) is 3. The summed E-state index contributed by atoms with van der Waals surface area (Å²) < 4.78 is 7.30. The van der Waals surface area contributed by atoms with Gasteiger partial charge < -0.3 is 10.5 Å². The van der Waals surface area contributed by atoms with Crippen LogP contribution in [0.25, 0.3) is 0 Å². The Morgan fingerprint density at radius 3 is 2.87 bits per heavy atom. The summed E-state index contributed by atoms with van der Waals surface area (Å²) >= 11 is 0. The highest BCUT2D eigenvalue weighted by atomic mass is 16.5. The third-order valence-electron chi connectivity index (χ3n) is 1.90. The number of aryl methyl sites for hydroxylation is 1. The zero-order valence-corrected chi connectivity index (χ0v) is 8.42. The lowest BCUT2D eigenvalue weighted by atomic mass is 10.4. The fraction of sp³-hybridized carbons (Fsp3) is 0.200. The number of anilines is 1. The molecular weight excluding hydrogens is 192 g/mol. The highest BCUT2D eigenvalue weighted by Gasteiger charge is 2.00. The van der Waals surface area contributed by atoms with Crippen LogP contribution in [0, 0.1) is 0 Å². The van der Waals surface area contributed by atoms with Gasteiger partial charge in [-0.1, -0.05) is 0 Å². The highest BCUT2D eigenvalue weighted by Crippen LogP contribution is 2.20. The van der Waals surface area contributed by atoms with Crippen molar-refractivity contribution in [3.05, 3.63) is 30.9 Å². The summed E-state index contributed by atoms with van der Waals surface area (Å²) in [6.07, 6.45) is 6.66. The molecule has 0 aliphatic rings. The van der Waals surface area contributed by atoms with Gasteiger partial charge >= 0.3 is 0 Å². The van der Waals surface area contributed by atoms with Crippen LogP contribution < -0.4 is 10.5 Å². The van der Waals surface area contributed by atoms with Gasteiger partial charge in [0.05, 0.1) is 30.5 Å². The molecular formula is C10H12N4O. The Hall–Kier alpha value is -2.04. The lowest BCUT2D eigenvalue weighted by molar-refractivity contribution is 0.479. The van der Waals surface area contributed by atoms with Crippen LogP contribution in [0.2, 0.25) is 0 Å². The van der Waals surface area contributed by atoms with Crippen LogP contribution in [0.3, 0.4) is 0 Å². The molecule has 0 aromatic carbocycles. The molecule has 0 saturated carbocycles. The second-order valence-electron chi connectivity index (χ2n) is 3.09. The van der Waals surface area contributed by atoms with Crippen LogP contribution in [0.5, 0.6) is 11.5 Å². The normalized spacial score (nSPS) is 10.2. The van der Waals surface area contributed by atoms with E-state index in [-0.39, 0.29) is 0 Å². The lowest BCUT2D eigenvalue weighted by Crippen LogP contribution is -1.92. The summed E-state index contributed by atoms with van der Waals surface area (Å²) in [7, 11) is 0. The minimum absolute atomic E-state index is 0.579. The second kappa shape index (κ2) is 4.00. The van der Waals surface area contributed by atoms with Crippen LogP contribution in [0.1, 0.15) is 6.92 Å². The first kappa shape index (κ1) is 9.51. The molecule has 15 heavy (non-hydrogen) atoms. The van der Waals surface area contributed by atoms with E-state index in [1.54, 1.807) is 29.3 Å². The average Bonchev–Trinajstić information content (AvgIpc) is 2.65. The largest absolute Gasteiger partial charge is 0.452 e. The molecule has 0 fully saturated rings. The first-order chi connectivity index (χ1) is 7.28. The molecule has 0 bridgehead atoms. The van der Waals surface area contributed by atoms with Crippen LogP contribution >= 0.6 is 0 Å². The van der Waals surface area contributed by atoms with Gasteiger partial charge in [0.25, 0.3) is 0 Å². The van der Waals surface area contributed by atoms with Crippen molar-refractivity contribution >= 4 is 5.69 Å². The molecule has 2 aromatic rings. The minimum Gasteiger partial charge on any atom is -0.452 e. The van der Waals surface area contributed by atoms with E-state index < -0.39 is 0 Å². The Morgan fingerprint density at radius 1 is 1.33 bits per heavy atom. The number of aromatic nitrogens is 3. The predicted molar refractivity (Wildman–Crippen MR) is 56.6 cm³/mol. The molecule has 0 radical (unpaired) electrons. The van der Waals surface area contributed by atoms with Gasteiger partial charge in [-0.15, -0.1) is 0 Å².